The average Bonchev–Trinajstić information content (AvgIpc) is 3.44. The van der Waals surface area contributed by atoms with Crippen molar-refractivity contribution in [1.82, 2.24) is 9.55 Å². The van der Waals surface area contributed by atoms with Gasteiger partial charge in [-0.1, -0.05) is 118 Å². The number of amides is 1. The van der Waals surface area contributed by atoms with Crippen molar-refractivity contribution in [1.29, 1.82) is 0 Å². The van der Waals surface area contributed by atoms with Gasteiger partial charge < -0.3 is 5.32 Å². The summed E-state index contributed by atoms with van der Waals surface area (Å²) in [6.07, 6.45) is 10.2. The fourth-order valence-corrected chi connectivity index (χ4v) is 5.97. The number of hydrogen-bond acceptors (Lipinski definition) is 2. The van der Waals surface area contributed by atoms with Gasteiger partial charge in [0.1, 0.15) is 5.82 Å². The number of nitrogens with zero attached hydrogens (tertiary/aromatic N) is 2. The fourth-order valence-electron chi connectivity index (χ4n) is 5.97. The standard InChI is InChI=1S/C38H37N3O/c1-3-5-6-7-8-9-14-27-19-21-28(22-20-27)38-40-36-33-17-12-10-15-31(33)32-16-11-13-18-34(32)37(36)41(38)30-25-23-29(24-26-30)39-35(42)4-2/h4,10-13,15-26H,2-3,5-9,14H2,1H3,(H,39,42). The lowest BCUT2D eigenvalue weighted by Crippen LogP contribution is -2.07. The van der Waals surface area contributed by atoms with Crippen molar-refractivity contribution >= 4 is 44.2 Å². The molecular weight excluding hydrogens is 514 g/mol. The van der Waals surface area contributed by atoms with E-state index in [0.29, 0.717) is 0 Å². The zero-order valence-electron chi connectivity index (χ0n) is 24.3. The van der Waals surface area contributed by atoms with Crippen LogP contribution >= 0.6 is 0 Å². The third kappa shape index (κ3) is 5.45. The Morgan fingerprint density at radius 3 is 2.07 bits per heavy atom. The van der Waals surface area contributed by atoms with E-state index in [1.54, 1.807) is 0 Å². The highest BCUT2D eigenvalue weighted by molar-refractivity contribution is 6.24. The van der Waals surface area contributed by atoms with E-state index < -0.39 is 0 Å². The van der Waals surface area contributed by atoms with E-state index >= 15 is 0 Å². The first-order valence-corrected chi connectivity index (χ1v) is 15.1. The first kappa shape index (κ1) is 27.5. The number of carbonyl (C=O) groups excluding carboxylic acids is 1. The van der Waals surface area contributed by atoms with Crippen molar-refractivity contribution < 1.29 is 4.79 Å². The lowest BCUT2D eigenvalue weighted by molar-refractivity contribution is -0.111. The summed E-state index contributed by atoms with van der Waals surface area (Å²) in [7, 11) is 0. The maximum atomic E-state index is 11.9. The topological polar surface area (TPSA) is 46.9 Å². The molecule has 0 saturated heterocycles. The molecule has 0 aliphatic rings. The number of aryl methyl sites for hydroxylation is 1. The number of rotatable bonds is 11. The van der Waals surface area contributed by atoms with Gasteiger partial charge >= 0.3 is 0 Å². The molecule has 1 aromatic heterocycles. The SMILES string of the molecule is C=CC(=O)Nc1ccc(-n2c(-c3ccc(CCCCCCCC)cc3)nc3c4ccccc4c4ccccc4c32)cc1. The average molecular weight is 552 g/mol. The van der Waals surface area contributed by atoms with E-state index in [-0.39, 0.29) is 5.91 Å². The summed E-state index contributed by atoms with van der Waals surface area (Å²) in [4.78, 5) is 17.2. The summed E-state index contributed by atoms with van der Waals surface area (Å²) >= 11 is 0. The van der Waals surface area contributed by atoms with Crippen molar-refractivity contribution in [2.45, 2.75) is 51.9 Å². The molecule has 0 unspecified atom stereocenters. The summed E-state index contributed by atoms with van der Waals surface area (Å²) < 4.78 is 2.27. The van der Waals surface area contributed by atoms with Crippen LogP contribution in [-0.2, 0) is 11.2 Å². The van der Waals surface area contributed by atoms with Crippen LogP contribution in [0.1, 0.15) is 51.0 Å². The van der Waals surface area contributed by atoms with Crippen LogP contribution in [-0.4, -0.2) is 15.5 Å². The second-order valence-electron chi connectivity index (χ2n) is 11.0. The van der Waals surface area contributed by atoms with Crippen LogP contribution in [0, 0.1) is 0 Å². The van der Waals surface area contributed by atoms with Gasteiger partial charge in [0.15, 0.2) is 0 Å². The van der Waals surface area contributed by atoms with Crippen LogP contribution in [0.4, 0.5) is 5.69 Å². The summed E-state index contributed by atoms with van der Waals surface area (Å²) in [6, 6.07) is 34.0. The molecule has 1 amide bonds. The lowest BCUT2D eigenvalue weighted by Gasteiger charge is -2.13. The molecule has 0 radical (unpaired) electrons. The first-order chi connectivity index (χ1) is 20.7. The van der Waals surface area contributed by atoms with E-state index in [1.807, 2.05) is 24.3 Å². The molecule has 0 aliphatic carbocycles. The van der Waals surface area contributed by atoms with Gasteiger partial charge in [0.2, 0.25) is 5.91 Å². The van der Waals surface area contributed by atoms with Crippen molar-refractivity contribution in [3.63, 3.8) is 0 Å². The van der Waals surface area contributed by atoms with Gasteiger partial charge in [-0.25, -0.2) is 4.98 Å². The van der Waals surface area contributed by atoms with Crippen LogP contribution in [0.3, 0.4) is 0 Å². The molecule has 0 spiro atoms. The number of nitrogens with one attached hydrogen (secondary N) is 1. The number of hydrogen-bond donors (Lipinski definition) is 1. The molecule has 5 aromatic carbocycles. The number of imidazole rings is 1. The molecule has 0 atom stereocenters. The highest BCUT2D eigenvalue weighted by Crippen LogP contribution is 2.39. The predicted octanol–water partition coefficient (Wildman–Crippen LogP) is 10.0. The van der Waals surface area contributed by atoms with E-state index in [4.69, 9.17) is 4.98 Å². The molecular formula is C38H37N3O. The van der Waals surface area contributed by atoms with E-state index in [9.17, 15) is 4.79 Å². The van der Waals surface area contributed by atoms with Crippen molar-refractivity contribution in [3.8, 4) is 17.1 Å². The van der Waals surface area contributed by atoms with Gasteiger partial charge in [0.05, 0.1) is 11.0 Å². The van der Waals surface area contributed by atoms with Crippen LogP contribution < -0.4 is 5.32 Å². The largest absolute Gasteiger partial charge is 0.323 e. The zero-order valence-corrected chi connectivity index (χ0v) is 24.3. The predicted molar refractivity (Wildman–Crippen MR) is 177 cm³/mol. The third-order valence-electron chi connectivity index (χ3n) is 8.14. The van der Waals surface area contributed by atoms with Crippen LogP contribution in [0.25, 0.3) is 49.7 Å². The zero-order chi connectivity index (χ0) is 28.9. The van der Waals surface area contributed by atoms with Crippen LogP contribution in [0.15, 0.2) is 110 Å². The molecule has 42 heavy (non-hydrogen) atoms. The fraction of sp³-hybridized carbons (Fsp3) is 0.211. The molecule has 0 saturated carbocycles. The number of unbranched alkanes of at least 4 members (excludes halogenated alkanes) is 5. The quantitative estimate of drug-likeness (QED) is 0.0989. The van der Waals surface area contributed by atoms with Gasteiger partial charge in [0, 0.05) is 27.7 Å². The Hall–Kier alpha value is -4.70. The summed E-state index contributed by atoms with van der Waals surface area (Å²) in [5, 5.41) is 7.57. The Kier molecular flexibility index (Phi) is 8.14. The van der Waals surface area contributed by atoms with Gasteiger partial charge in [-0.05, 0) is 59.5 Å². The highest BCUT2D eigenvalue weighted by Gasteiger charge is 2.20. The number of fused-ring (bicyclic) bond motifs is 6. The van der Waals surface area contributed by atoms with E-state index in [2.05, 4.69) is 96.2 Å². The second kappa shape index (κ2) is 12.4. The van der Waals surface area contributed by atoms with Crippen molar-refractivity contribution in [2.75, 3.05) is 5.32 Å². The molecule has 6 aromatic rings. The normalized spacial score (nSPS) is 11.4. The van der Waals surface area contributed by atoms with E-state index in [0.717, 1.165) is 51.0 Å². The molecule has 0 bridgehead atoms. The maximum Gasteiger partial charge on any atom is 0.247 e. The monoisotopic (exact) mass is 551 g/mol. The second-order valence-corrected chi connectivity index (χ2v) is 11.0. The Bertz CT molecular complexity index is 1860. The summed E-state index contributed by atoms with van der Waals surface area (Å²) in [6.45, 7) is 5.82. The van der Waals surface area contributed by atoms with Gasteiger partial charge in [-0.15, -0.1) is 0 Å². The number of aromatic nitrogens is 2. The highest BCUT2D eigenvalue weighted by atomic mass is 16.1. The van der Waals surface area contributed by atoms with Gasteiger partial charge in [-0.2, -0.15) is 0 Å². The number of anilines is 1. The van der Waals surface area contributed by atoms with Gasteiger partial charge in [0.25, 0.3) is 0 Å². The molecule has 1 N–H and O–H groups in total. The number of carbonyl (C=O) groups is 1. The molecule has 4 heteroatoms. The molecule has 4 nitrogen and oxygen atoms in total. The Morgan fingerprint density at radius 1 is 0.762 bits per heavy atom. The van der Waals surface area contributed by atoms with E-state index in [1.165, 1.54) is 60.9 Å². The minimum absolute atomic E-state index is 0.227. The van der Waals surface area contributed by atoms with Crippen molar-refractivity contribution in [2.24, 2.45) is 0 Å². The summed E-state index contributed by atoms with van der Waals surface area (Å²) in [5.41, 5.74) is 6.23. The summed E-state index contributed by atoms with van der Waals surface area (Å²) in [5.74, 6) is 0.676. The third-order valence-corrected chi connectivity index (χ3v) is 8.14. The Labute approximate surface area is 247 Å². The minimum atomic E-state index is -0.227. The maximum absolute atomic E-state index is 11.9. The Balaban J connectivity index is 1.47. The Morgan fingerprint density at radius 2 is 1.38 bits per heavy atom. The molecule has 0 aliphatic heterocycles. The van der Waals surface area contributed by atoms with Gasteiger partial charge in [-0.3, -0.25) is 9.36 Å². The number of benzene rings is 5. The molecule has 6 rings (SSSR count). The molecule has 0 fully saturated rings. The molecule has 210 valence electrons. The minimum Gasteiger partial charge on any atom is -0.323 e. The van der Waals surface area contributed by atoms with Crippen LogP contribution in [0.5, 0.6) is 0 Å². The smallest absolute Gasteiger partial charge is 0.247 e. The van der Waals surface area contributed by atoms with Crippen molar-refractivity contribution in [3.05, 3.63) is 115 Å². The van der Waals surface area contributed by atoms with Crippen LogP contribution in [0.2, 0.25) is 0 Å². The first-order valence-electron chi connectivity index (χ1n) is 15.1. The molecule has 1 heterocycles. The lowest BCUT2D eigenvalue weighted by atomic mass is 10.00.